The second-order valence-corrected chi connectivity index (χ2v) is 7.32. The molecule has 3 rings (SSSR count). The van der Waals surface area contributed by atoms with Crippen molar-refractivity contribution in [3.05, 3.63) is 29.3 Å². The van der Waals surface area contributed by atoms with Crippen molar-refractivity contribution in [2.24, 2.45) is 5.92 Å². The van der Waals surface area contributed by atoms with E-state index in [4.69, 9.17) is 5.73 Å². The Balaban J connectivity index is 1.70. The van der Waals surface area contributed by atoms with Gasteiger partial charge in [0.2, 0.25) is 0 Å². The summed E-state index contributed by atoms with van der Waals surface area (Å²) in [5.74, 6) is 0.837. The first-order valence-electron chi connectivity index (χ1n) is 8.43. The first kappa shape index (κ1) is 15.8. The van der Waals surface area contributed by atoms with E-state index in [2.05, 4.69) is 17.0 Å². The van der Waals surface area contributed by atoms with Crippen molar-refractivity contribution < 1.29 is 10.2 Å². The molecule has 1 aliphatic carbocycles. The number of benzene rings is 1. The summed E-state index contributed by atoms with van der Waals surface area (Å²) in [6.45, 7) is 4.42. The number of anilines is 1. The molecule has 1 heterocycles. The lowest BCUT2D eigenvalue weighted by atomic mass is 9.83. The first-order valence-corrected chi connectivity index (χ1v) is 8.43. The van der Waals surface area contributed by atoms with E-state index < -0.39 is 5.60 Å². The Hall–Kier alpha value is -1.10. The van der Waals surface area contributed by atoms with Gasteiger partial charge in [-0.1, -0.05) is 6.07 Å². The average Bonchev–Trinajstić information content (AvgIpc) is 3.34. The van der Waals surface area contributed by atoms with Gasteiger partial charge in [0.25, 0.3) is 0 Å². The average molecular weight is 304 g/mol. The number of rotatable bonds is 5. The van der Waals surface area contributed by atoms with Crippen molar-refractivity contribution in [2.45, 2.75) is 50.7 Å². The van der Waals surface area contributed by atoms with Gasteiger partial charge in [-0.15, -0.1) is 0 Å². The van der Waals surface area contributed by atoms with Gasteiger partial charge in [-0.3, -0.25) is 4.90 Å². The highest BCUT2D eigenvalue weighted by molar-refractivity contribution is 5.47. The Kier molecular flexibility index (Phi) is 4.44. The topological polar surface area (TPSA) is 69.7 Å². The summed E-state index contributed by atoms with van der Waals surface area (Å²) < 4.78 is 0. The van der Waals surface area contributed by atoms with Gasteiger partial charge in [0.15, 0.2) is 0 Å². The summed E-state index contributed by atoms with van der Waals surface area (Å²) in [4.78, 5) is 2.41. The number of hydrogen-bond donors (Lipinski definition) is 3. The lowest BCUT2D eigenvalue weighted by Gasteiger charge is -2.39. The first-order chi connectivity index (χ1) is 10.5. The van der Waals surface area contributed by atoms with Gasteiger partial charge in [0.05, 0.1) is 12.2 Å². The van der Waals surface area contributed by atoms with Gasteiger partial charge in [0, 0.05) is 24.7 Å². The fourth-order valence-corrected chi connectivity index (χ4v) is 3.61. The zero-order valence-electron chi connectivity index (χ0n) is 13.5. The SMILES string of the molecule is C[C@@](O)(CO)[C@H]1CCCN(Cc2ccc(N)cc2C2CC2)C1. The van der Waals surface area contributed by atoms with Crippen molar-refractivity contribution in [1.29, 1.82) is 0 Å². The molecule has 1 saturated carbocycles. The quantitative estimate of drug-likeness (QED) is 0.729. The molecule has 0 unspecified atom stereocenters. The number of hydrogen-bond acceptors (Lipinski definition) is 4. The van der Waals surface area contributed by atoms with Crippen molar-refractivity contribution in [3.63, 3.8) is 0 Å². The van der Waals surface area contributed by atoms with E-state index in [1.54, 1.807) is 6.92 Å². The molecular formula is C18H28N2O2. The van der Waals surface area contributed by atoms with Crippen molar-refractivity contribution in [1.82, 2.24) is 4.90 Å². The van der Waals surface area contributed by atoms with Gasteiger partial charge < -0.3 is 15.9 Å². The molecule has 0 spiro atoms. The van der Waals surface area contributed by atoms with E-state index in [0.717, 1.165) is 38.2 Å². The predicted molar refractivity (Wildman–Crippen MR) is 88.5 cm³/mol. The minimum atomic E-state index is -0.973. The Morgan fingerprint density at radius 2 is 2.09 bits per heavy atom. The monoisotopic (exact) mass is 304 g/mol. The third kappa shape index (κ3) is 3.45. The summed E-state index contributed by atoms with van der Waals surface area (Å²) in [7, 11) is 0. The number of aliphatic hydroxyl groups is 2. The van der Waals surface area contributed by atoms with Gasteiger partial charge in [-0.05, 0) is 68.3 Å². The van der Waals surface area contributed by atoms with Gasteiger partial charge in [-0.2, -0.15) is 0 Å². The third-order valence-corrected chi connectivity index (χ3v) is 5.29. The number of nitrogens with zero attached hydrogens (tertiary/aromatic N) is 1. The van der Waals surface area contributed by atoms with Crippen LogP contribution in [0.15, 0.2) is 18.2 Å². The Morgan fingerprint density at radius 1 is 1.32 bits per heavy atom. The molecule has 4 N–H and O–H groups in total. The molecule has 2 aliphatic rings. The molecule has 1 aliphatic heterocycles. The maximum atomic E-state index is 10.3. The summed E-state index contributed by atoms with van der Waals surface area (Å²) >= 11 is 0. The van der Waals surface area contributed by atoms with E-state index in [1.165, 1.54) is 24.0 Å². The van der Waals surface area contributed by atoms with Crippen molar-refractivity contribution in [2.75, 3.05) is 25.4 Å². The second kappa shape index (κ2) is 6.19. The van der Waals surface area contributed by atoms with Gasteiger partial charge in [0.1, 0.15) is 0 Å². The molecule has 0 bridgehead atoms. The highest BCUT2D eigenvalue weighted by Crippen LogP contribution is 2.42. The van der Waals surface area contributed by atoms with Crippen LogP contribution in [0.2, 0.25) is 0 Å². The van der Waals surface area contributed by atoms with Crippen LogP contribution in [0.25, 0.3) is 0 Å². The molecule has 4 nitrogen and oxygen atoms in total. The minimum absolute atomic E-state index is 0.143. The van der Waals surface area contributed by atoms with Crippen LogP contribution in [0.5, 0.6) is 0 Å². The van der Waals surface area contributed by atoms with Gasteiger partial charge >= 0.3 is 0 Å². The van der Waals surface area contributed by atoms with E-state index in [0.29, 0.717) is 5.92 Å². The molecule has 1 saturated heterocycles. The predicted octanol–water partition coefficient (Wildman–Crippen LogP) is 2.10. The van der Waals surface area contributed by atoms with Crippen LogP contribution in [0.1, 0.15) is 49.7 Å². The maximum Gasteiger partial charge on any atom is 0.0889 e. The van der Waals surface area contributed by atoms with Crippen molar-refractivity contribution >= 4 is 5.69 Å². The molecule has 0 aromatic heterocycles. The van der Waals surface area contributed by atoms with Crippen LogP contribution in [0, 0.1) is 5.92 Å². The van der Waals surface area contributed by atoms with E-state index in [-0.39, 0.29) is 12.5 Å². The molecule has 22 heavy (non-hydrogen) atoms. The number of piperidine rings is 1. The number of aliphatic hydroxyl groups excluding tert-OH is 1. The van der Waals surface area contributed by atoms with Crippen LogP contribution < -0.4 is 5.73 Å². The standard InChI is InChI=1S/C18H28N2O2/c1-18(22,12-21)15-3-2-8-20(11-15)10-14-6-7-16(19)9-17(14)13-4-5-13/h6-7,9,13,15,21-22H,2-5,8,10-12,19H2,1H3/t15-,18+/m0/s1. The largest absolute Gasteiger partial charge is 0.399 e. The van der Waals surface area contributed by atoms with E-state index in [9.17, 15) is 10.2 Å². The lowest BCUT2D eigenvalue weighted by molar-refractivity contribution is -0.0697. The highest BCUT2D eigenvalue weighted by atomic mass is 16.3. The van der Waals surface area contributed by atoms with E-state index >= 15 is 0 Å². The summed E-state index contributed by atoms with van der Waals surface area (Å²) in [6.07, 6.45) is 4.62. The minimum Gasteiger partial charge on any atom is -0.399 e. The molecule has 2 fully saturated rings. The summed E-state index contributed by atoms with van der Waals surface area (Å²) in [5, 5.41) is 19.7. The number of nitrogens with two attached hydrogens (primary N) is 1. The van der Waals surface area contributed by atoms with Crippen LogP contribution in [0.3, 0.4) is 0 Å². The fourth-order valence-electron chi connectivity index (χ4n) is 3.61. The zero-order chi connectivity index (χ0) is 15.7. The third-order valence-electron chi connectivity index (χ3n) is 5.29. The normalized spacial score (nSPS) is 25.9. The summed E-state index contributed by atoms with van der Waals surface area (Å²) in [5.41, 5.74) is 8.62. The smallest absolute Gasteiger partial charge is 0.0889 e. The molecular weight excluding hydrogens is 276 g/mol. The molecule has 0 amide bonds. The van der Waals surface area contributed by atoms with Crippen LogP contribution in [-0.4, -0.2) is 40.4 Å². The van der Waals surface area contributed by atoms with Crippen LogP contribution in [-0.2, 0) is 6.54 Å². The fraction of sp³-hybridized carbons (Fsp3) is 0.667. The molecule has 0 radical (unpaired) electrons. The Morgan fingerprint density at radius 3 is 2.77 bits per heavy atom. The zero-order valence-corrected chi connectivity index (χ0v) is 13.5. The molecule has 1 aromatic rings. The molecule has 2 atom stereocenters. The molecule has 1 aromatic carbocycles. The Bertz CT molecular complexity index is 526. The van der Waals surface area contributed by atoms with E-state index in [1.807, 2.05) is 6.07 Å². The highest BCUT2D eigenvalue weighted by Gasteiger charge is 2.35. The molecule has 4 heteroatoms. The number of nitrogen functional groups attached to an aromatic ring is 1. The number of likely N-dealkylation sites (tertiary alicyclic amines) is 1. The second-order valence-electron chi connectivity index (χ2n) is 7.32. The van der Waals surface area contributed by atoms with Crippen molar-refractivity contribution in [3.8, 4) is 0 Å². The Labute approximate surface area is 132 Å². The van der Waals surface area contributed by atoms with Crippen LogP contribution >= 0.6 is 0 Å². The molecule has 122 valence electrons. The summed E-state index contributed by atoms with van der Waals surface area (Å²) in [6, 6.07) is 6.29. The lowest BCUT2D eigenvalue weighted by Crippen LogP contribution is -2.47. The maximum absolute atomic E-state index is 10.3. The van der Waals surface area contributed by atoms with Gasteiger partial charge in [-0.25, -0.2) is 0 Å². The van der Waals surface area contributed by atoms with Crippen LogP contribution in [0.4, 0.5) is 5.69 Å².